The van der Waals surface area contributed by atoms with Crippen LogP contribution in [0, 0.1) is 0 Å². The van der Waals surface area contributed by atoms with E-state index in [4.69, 9.17) is 0 Å². The molecule has 0 spiro atoms. The number of amides is 2. The Bertz CT molecular complexity index is 537. The summed E-state index contributed by atoms with van der Waals surface area (Å²) < 4.78 is 1.16. The Morgan fingerprint density at radius 1 is 0.895 bits per heavy atom. The van der Waals surface area contributed by atoms with Crippen molar-refractivity contribution in [1.29, 1.82) is 0 Å². The van der Waals surface area contributed by atoms with E-state index in [0.29, 0.717) is 0 Å². The highest BCUT2D eigenvalue weighted by Gasteiger charge is 2.02. The van der Waals surface area contributed by atoms with Crippen LogP contribution in [0.15, 0.2) is 46.9 Å². The van der Waals surface area contributed by atoms with Crippen LogP contribution in [-0.4, -0.2) is 44.0 Å². The summed E-state index contributed by atoms with van der Waals surface area (Å²) in [5, 5.41) is 2.55. The van der Waals surface area contributed by atoms with Gasteiger partial charge in [-0.1, -0.05) is 52.3 Å². The van der Waals surface area contributed by atoms with Crippen molar-refractivity contribution in [2.75, 3.05) is 28.2 Å². The van der Waals surface area contributed by atoms with Crippen LogP contribution in [0.1, 0.15) is 0 Å². The number of carbonyl (C=O) groups is 1. The molecular weight excluding hydrogens is 304 g/mol. The Kier molecular flexibility index (Phi) is 5.83. The Hall–Kier alpha value is -1.55. The van der Waals surface area contributed by atoms with E-state index in [2.05, 4.69) is 46.3 Å². The smallest absolute Gasteiger partial charge is 0.318 e. The zero-order chi connectivity index (χ0) is 14.4. The van der Waals surface area contributed by atoms with Crippen molar-refractivity contribution in [2.24, 2.45) is 0 Å². The first kappa shape index (κ1) is 15.5. The van der Waals surface area contributed by atoms with E-state index < -0.39 is 0 Å². The molecule has 2 rings (SSSR count). The van der Waals surface area contributed by atoms with Gasteiger partial charge in [-0.3, -0.25) is 0 Å². The highest BCUT2D eigenvalue weighted by atomic mass is 79.9. The average Bonchev–Trinajstić information content (AvgIpc) is 2.39. The predicted octanol–water partition coefficient (Wildman–Crippen LogP) is 3.83. The van der Waals surface area contributed by atoms with Gasteiger partial charge in [-0.15, -0.1) is 0 Å². The third-order valence-electron chi connectivity index (χ3n) is 2.50. The van der Waals surface area contributed by atoms with Gasteiger partial charge in [-0.2, -0.15) is 0 Å². The second kappa shape index (κ2) is 7.14. The molecule has 0 aromatic heterocycles. The summed E-state index contributed by atoms with van der Waals surface area (Å²) in [7, 11) is 6.90. The summed E-state index contributed by atoms with van der Waals surface area (Å²) in [5.74, 6) is 0. The summed E-state index contributed by atoms with van der Waals surface area (Å²) in [6, 6.07) is 14.6. The minimum absolute atomic E-state index is 0.0185. The number of halogens is 1. The summed E-state index contributed by atoms with van der Waals surface area (Å²) in [4.78, 5) is 13.8. The Balaban J connectivity index is 0.000000203. The summed E-state index contributed by atoms with van der Waals surface area (Å²) in [6.45, 7) is 0. The summed E-state index contributed by atoms with van der Waals surface area (Å²) in [6.07, 6.45) is 0. The fourth-order valence-corrected chi connectivity index (χ4v) is 2.10. The van der Waals surface area contributed by atoms with Crippen LogP contribution < -0.4 is 0 Å². The molecule has 2 amide bonds. The molecule has 0 radical (unpaired) electrons. The molecule has 0 aliphatic rings. The minimum Gasteiger partial charge on any atom is -0.331 e. The van der Waals surface area contributed by atoms with Crippen molar-refractivity contribution < 1.29 is 4.79 Å². The van der Waals surface area contributed by atoms with Gasteiger partial charge in [0.15, 0.2) is 0 Å². The number of hydrogen-bond donors (Lipinski definition) is 0. The largest absolute Gasteiger partial charge is 0.331 e. The van der Waals surface area contributed by atoms with Crippen molar-refractivity contribution in [3.05, 3.63) is 46.9 Å². The van der Waals surface area contributed by atoms with Gasteiger partial charge in [0.05, 0.1) is 0 Å². The van der Waals surface area contributed by atoms with E-state index >= 15 is 0 Å². The van der Waals surface area contributed by atoms with Gasteiger partial charge in [-0.05, 0) is 16.8 Å². The molecule has 19 heavy (non-hydrogen) atoms. The normalized spacial score (nSPS) is 9.53. The number of nitrogens with zero attached hydrogens (tertiary/aromatic N) is 2. The number of fused-ring (bicyclic) bond motifs is 1. The highest BCUT2D eigenvalue weighted by Crippen LogP contribution is 2.22. The van der Waals surface area contributed by atoms with Crippen LogP contribution in [0.3, 0.4) is 0 Å². The Morgan fingerprint density at radius 3 is 1.89 bits per heavy atom. The maximum Gasteiger partial charge on any atom is 0.318 e. The first-order valence-electron chi connectivity index (χ1n) is 5.95. The molecule has 0 saturated heterocycles. The third kappa shape index (κ3) is 4.56. The molecule has 3 nitrogen and oxygen atoms in total. The van der Waals surface area contributed by atoms with Gasteiger partial charge >= 0.3 is 6.03 Å². The van der Waals surface area contributed by atoms with E-state index in [-0.39, 0.29) is 6.03 Å². The van der Waals surface area contributed by atoms with Gasteiger partial charge in [0, 0.05) is 32.7 Å². The van der Waals surface area contributed by atoms with Crippen LogP contribution in [0.5, 0.6) is 0 Å². The van der Waals surface area contributed by atoms with Crippen LogP contribution in [0.25, 0.3) is 10.8 Å². The topological polar surface area (TPSA) is 23.6 Å². The predicted molar refractivity (Wildman–Crippen MR) is 84.4 cm³/mol. The molecule has 0 heterocycles. The average molecular weight is 323 g/mol. The first-order chi connectivity index (χ1) is 8.93. The van der Waals surface area contributed by atoms with E-state index in [1.807, 2.05) is 12.1 Å². The quantitative estimate of drug-likeness (QED) is 0.723. The van der Waals surface area contributed by atoms with Crippen molar-refractivity contribution >= 4 is 32.7 Å². The van der Waals surface area contributed by atoms with Gasteiger partial charge in [0.25, 0.3) is 0 Å². The zero-order valence-corrected chi connectivity index (χ0v) is 13.3. The van der Waals surface area contributed by atoms with E-state index in [9.17, 15) is 4.79 Å². The highest BCUT2D eigenvalue weighted by molar-refractivity contribution is 9.10. The fraction of sp³-hybridized carbons (Fsp3) is 0.267. The standard InChI is InChI=1S/C10H7Br.C5H12N2O/c11-10-7-3-5-8-4-1-2-6-9(8)10;1-6(2)5(8)7(3)4/h1-7H;1-4H3. The van der Waals surface area contributed by atoms with Crippen LogP contribution in [0.2, 0.25) is 0 Å². The number of urea groups is 1. The molecule has 2 aromatic carbocycles. The molecule has 0 bridgehead atoms. The molecule has 0 unspecified atom stereocenters. The van der Waals surface area contributed by atoms with Crippen LogP contribution in [0.4, 0.5) is 4.79 Å². The number of benzene rings is 2. The first-order valence-corrected chi connectivity index (χ1v) is 6.74. The fourth-order valence-electron chi connectivity index (χ4n) is 1.59. The zero-order valence-electron chi connectivity index (χ0n) is 11.7. The van der Waals surface area contributed by atoms with Crippen molar-refractivity contribution in [1.82, 2.24) is 9.80 Å². The molecular formula is C15H19BrN2O. The number of rotatable bonds is 0. The molecule has 102 valence electrons. The van der Waals surface area contributed by atoms with Crippen molar-refractivity contribution in [2.45, 2.75) is 0 Å². The molecule has 0 atom stereocenters. The number of hydrogen-bond acceptors (Lipinski definition) is 1. The van der Waals surface area contributed by atoms with Gasteiger partial charge in [0.1, 0.15) is 0 Å². The molecule has 0 saturated carbocycles. The minimum atomic E-state index is 0.0185. The SMILES string of the molecule is Brc1cccc2ccccc12.CN(C)C(=O)N(C)C. The second-order valence-corrected chi connectivity index (χ2v) is 5.39. The lowest BCUT2D eigenvalue weighted by atomic mass is 10.1. The molecule has 0 aliphatic heterocycles. The van der Waals surface area contributed by atoms with Gasteiger partial charge in [0.2, 0.25) is 0 Å². The maximum atomic E-state index is 10.7. The lowest BCUT2D eigenvalue weighted by molar-refractivity contribution is 0.191. The van der Waals surface area contributed by atoms with E-state index in [1.54, 1.807) is 28.2 Å². The van der Waals surface area contributed by atoms with E-state index in [1.165, 1.54) is 20.6 Å². The van der Waals surface area contributed by atoms with Crippen molar-refractivity contribution in [3.8, 4) is 0 Å². The monoisotopic (exact) mass is 322 g/mol. The molecule has 0 fully saturated rings. The summed E-state index contributed by atoms with van der Waals surface area (Å²) in [5.41, 5.74) is 0. The molecule has 4 heteroatoms. The second-order valence-electron chi connectivity index (χ2n) is 4.53. The summed E-state index contributed by atoms with van der Waals surface area (Å²) >= 11 is 3.50. The Morgan fingerprint density at radius 2 is 1.42 bits per heavy atom. The molecule has 0 N–H and O–H groups in total. The van der Waals surface area contributed by atoms with Crippen LogP contribution in [-0.2, 0) is 0 Å². The number of carbonyl (C=O) groups excluding carboxylic acids is 1. The molecule has 2 aromatic rings. The van der Waals surface area contributed by atoms with Crippen LogP contribution >= 0.6 is 15.9 Å². The maximum absolute atomic E-state index is 10.7. The van der Waals surface area contributed by atoms with Gasteiger partial charge < -0.3 is 9.80 Å². The lowest BCUT2D eigenvalue weighted by Crippen LogP contribution is -2.33. The molecule has 0 aliphatic carbocycles. The van der Waals surface area contributed by atoms with Gasteiger partial charge in [-0.25, -0.2) is 4.79 Å². The van der Waals surface area contributed by atoms with Crippen molar-refractivity contribution in [3.63, 3.8) is 0 Å². The lowest BCUT2D eigenvalue weighted by Gasteiger charge is -2.16. The third-order valence-corrected chi connectivity index (χ3v) is 3.19. The van der Waals surface area contributed by atoms with E-state index in [0.717, 1.165) is 4.47 Å². The Labute approximate surface area is 122 Å².